The molecule has 0 spiro atoms. The van der Waals surface area contributed by atoms with Gasteiger partial charge in [-0.05, 0) is 41.7 Å². The zero-order valence-electron chi connectivity index (χ0n) is 17.7. The summed E-state index contributed by atoms with van der Waals surface area (Å²) in [4.78, 5) is 24.1. The van der Waals surface area contributed by atoms with Crippen LogP contribution in [0.1, 0.15) is 61.3 Å². The molecule has 0 fully saturated rings. The minimum Gasteiger partial charge on any atom is -0.478 e. The third-order valence-electron chi connectivity index (χ3n) is 5.21. The standard InChI is InChI=1S/C24H29N3O3/c1-3-5-10-22-25-27(15-6-4-2)24(30)26(22)17-18-11-13-19(14-12-18)20-8-7-9-21(16-20)23(28)29/h7-9,11-14,16H,3-6,10,15,17H2,1-2H3,(H,28,29). The lowest BCUT2D eigenvalue weighted by atomic mass is 10.0. The summed E-state index contributed by atoms with van der Waals surface area (Å²) in [5, 5.41) is 13.8. The number of aromatic carboxylic acids is 1. The fourth-order valence-electron chi connectivity index (χ4n) is 3.44. The van der Waals surface area contributed by atoms with Gasteiger partial charge >= 0.3 is 11.7 Å². The normalized spacial score (nSPS) is 11.0. The Hall–Kier alpha value is -3.15. The van der Waals surface area contributed by atoms with E-state index in [0.717, 1.165) is 54.6 Å². The highest BCUT2D eigenvalue weighted by atomic mass is 16.4. The highest BCUT2D eigenvalue weighted by Crippen LogP contribution is 2.21. The van der Waals surface area contributed by atoms with Crippen molar-refractivity contribution >= 4 is 5.97 Å². The lowest BCUT2D eigenvalue weighted by Crippen LogP contribution is -2.26. The molecule has 6 heteroatoms. The van der Waals surface area contributed by atoms with Gasteiger partial charge in [0, 0.05) is 13.0 Å². The van der Waals surface area contributed by atoms with E-state index in [0.29, 0.717) is 13.1 Å². The summed E-state index contributed by atoms with van der Waals surface area (Å²) in [7, 11) is 0. The van der Waals surface area contributed by atoms with Crippen LogP contribution in [-0.2, 0) is 19.5 Å². The highest BCUT2D eigenvalue weighted by molar-refractivity contribution is 5.89. The van der Waals surface area contributed by atoms with Crippen molar-refractivity contribution in [2.24, 2.45) is 0 Å². The molecule has 1 aromatic heterocycles. The number of hydrogen-bond donors (Lipinski definition) is 1. The van der Waals surface area contributed by atoms with Gasteiger partial charge < -0.3 is 5.11 Å². The van der Waals surface area contributed by atoms with Crippen LogP contribution in [0.2, 0.25) is 0 Å². The summed E-state index contributed by atoms with van der Waals surface area (Å²) >= 11 is 0. The van der Waals surface area contributed by atoms with Crippen molar-refractivity contribution in [2.75, 3.05) is 0 Å². The molecule has 2 aromatic carbocycles. The summed E-state index contributed by atoms with van der Waals surface area (Å²) in [5.74, 6) is -0.0938. The summed E-state index contributed by atoms with van der Waals surface area (Å²) in [6.07, 6.45) is 4.82. The zero-order valence-corrected chi connectivity index (χ0v) is 17.7. The van der Waals surface area contributed by atoms with Gasteiger partial charge in [-0.2, -0.15) is 5.10 Å². The second-order valence-electron chi connectivity index (χ2n) is 7.55. The Labute approximate surface area is 176 Å². The van der Waals surface area contributed by atoms with Crippen LogP contribution >= 0.6 is 0 Å². The number of hydrogen-bond acceptors (Lipinski definition) is 3. The third kappa shape index (κ3) is 5.06. The molecule has 1 heterocycles. The van der Waals surface area contributed by atoms with Gasteiger partial charge in [0.15, 0.2) is 0 Å². The molecule has 0 radical (unpaired) electrons. The molecule has 3 aromatic rings. The van der Waals surface area contributed by atoms with Crippen molar-refractivity contribution in [3.63, 3.8) is 0 Å². The molecule has 3 rings (SSSR count). The van der Waals surface area contributed by atoms with Crippen molar-refractivity contribution in [3.05, 3.63) is 76.0 Å². The number of benzene rings is 2. The fraction of sp³-hybridized carbons (Fsp3) is 0.375. The molecule has 0 bridgehead atoms. The van der Waals surface area contributed by atoms with Crippen LogP contribution in [-0.4, -0.2) is 25.4 Å². The predicted molar refractivity (Wildman–Crippen MR) is 118 cm³/mol. The first-order chi connectivity index (χ1) is 14.5. The Kier molecular flexibility index (Phi) is 7.22. The largest absolute Gasteiger partial charge is 0.478 e. The van der Waals surface area contributed by atoms with Gasteiger partial charge in [-0.1, -0.05) is 63.1 Å². The molecule has 0 amide bonds. The van der Waals surface area contributed by atoms with Crippen LogP contribution in [0.15, 0.2) is 53.3 Å². The van der Waals surface area contributed by atoms with Crippen LogP contribution in [0.25, 0.3) is 11.1 Å². The van der Waals surface area contributed by atoms with E-state index >= 15 is 0 Å². The van der Waals surface area contributed by atoms with Gasteiger partial charge in [0.2, 0.25) is 0 Å². The number of carboxylic acids is 1. The first kappa shape index (κ1) is 21.6. The zero-order chi connectivity index (χ0) is 21.5. The molecule has 0 unspecified atom stereocenters. The molecule has 0 aliphatic heterocycles. The van der Waals surface area contributed by atoms with Gasteiger partial charge in [-0.15, -0.1) is 0 Å². The Balaban J connectivity index is 1.84. The van der Waals surface area contributed by atoms with E-state index in [9.17, 15) is 14.7 Å². The predicted octanol–water partition coefficient (Wildman–Crippen LogP) is 4.60. The van der Waals surface area contributed by atoms with E-state index in [4.69, 9.17) is 0 Å². The summed E-state index contributed by atoms with van der Waals surface area (Å²) < 4.78 is 3.38. The minimum atomic E-state index is -0.937. The maximum absolute atomic E-state index is 12.9. The lowest BCUT2D eigenvalue weighted by Gasteiger charge is -2.08. The van der Waals surface area contributed by atoms with E-state index in [1.807, 2.05) is 30.3 Å². The van der Waals surface area contributed by atoms with Gasteiger partial charge in [0.25, 0.3) is 0 Å². The monoisotopic (exact) mass is 407 g/mol. The number of nitrogens with zero attached hydrogens (tertiary/aromatic N) is 3. The second kappa shape index (κ2) is 10.1. The molecule has 1 N–H and O–H groups in total. The lowest BCUT2D eigenvalue weighted by molar-refractivity contribution is 0.0697. The Bertz CT molecular complexity index is 1050. The molecule has 0 saturated heterocycles. The third-order valence-corrected chi connectivity index (χ3v) is 5.21. The quantitative estimate of drug-likeness (QED) is 0.533. The van der Waals surface area contributed by atoms with Crippen molar-refractivity contribution < 1.29 is 9.90 Å². The first-order valence-corrected chi connectivity index (χ1v) is 10.6. The molecule has 158 valence electrons. The number of rotatable bonds is 10. The minimum absolute atomic E-state index is 0.0483. The average Bonchev–Trinajstić information content (AvgIpc) is 3.06. The fourth-order valence-corrected chi connectivity index (χ4v) is 3.44. The second-order valence-corrected chi connectivity index (χ2v) is 7.55. The van der Waals surface area contributed by atoms with Crippen molar-refractivity contribution in [1.82, 2.24) is 14.3 Å². The van der Waals surface area contributed by atoms with Crippen molar-refractivity contribution in [2.45, 2.75) is 59.0 Å². The maximum Gasteiger partial charge on any atom is 0.346 e. The van der Waals surface area contributed by atoms with E-state index in [-0.39, 0.29) is 11.3 Å². The molecule has 6 nitrogen and oxygen atoms in total. The van der Waals surface area contributed by atoms with Gasteiger partial charge in [-0.25, -0.2) is 14.3 Å². The summed E-state index contributed by atoms with van der Waals surface area (Å²) in [5.41, 5.74) is 3.03. The number of carboxylic acid groups (broad SMARTS) is 1. The van der Waals surface area contributed by atoms with E-state index in [1.165, 1.54) is 0 Å². The molecular weight excluding hydrogens is 378 g/mol. The van der Waals surface area contributed by atoms with E-state index in [1.54, 1.807) is 27.4 Å². The van der Waals surface area contributed by atoms with Crippen LogP contribution in [0.4, 0.5) is 0 Å². The Morgan fingerprint density at radius 2 is 1.73 bits per heavy atom. The summed E-state index contributed by atoms with van der Waals surface area (Å²) in [6, 6.07) is 14.8. The van der Waals surface area contributed by atoms with Crippen LogP contribution < -0.4 is 5.69 Å². The smallest absolute Gasteiger partial charge is 0.346 e. The van der Waals surface area contributed by atoms with E-state index < -0.39 is 5.97 Å². The number of unbranched alkanes of at least 4 members (excludes halogenated alkanes) is 2. The molecule has 0 aliphatic carbocycles. The van der Waals surface area contributed by atoms with Gasteiger partial charge in [-0.3, -0.25) is 4.57 Å². The Morgan fingerprint density at radius 3 is 2.40 bits per heavy atom. The van der Waals surface area contributed by atoms with Crippen molar-refractivity contribution in [1.29, 1.82) is 0 Å². The van der Waals surface area contributed by atoms with E-state index in [2.05, 4.69) is 18.9 Å². The molecule has 0 saturated carbocycles. The van der Waals surface area contributed by atoms with Crippen LogP contribution in [0.3, 0.4) is 0 Å². The molecular formula is C24H29N3O3. The molecule has 0 atom stereocenters. The number of aryl methyl sites for hydroxylation is 2. The van der Waals surface area contributed by atoms with Crippen molar-refractivity contribution in [3.8, 4) is 11.1 Å². The Morgan fingerprint density at radius 1 is 1.00 bits per heavy atom. The SMILES string of the molecule is CCCCc1nn(CCCC)c(=O)n1Cc1ccc(-c2cccc(C(=O)O)c2)cc1. The maximum atomic E-state index is 12.9. The van der Waals surface area contributed by atoms with Gasteiger partial charge in [0.05, 0.1) is 12.1 Å². The first-order valence-electron chi connectivity index (χ1n) is 10.6. The summed E-state index contributed by atoms with van der Waals surface area (Å²) in [6.45, 7) is 5.38. The number of aromatic nitrogens is 3. The molecule has 0 aliphatic rings. The average molecular weight is 408 g/mol. The topological polar surface area (TPSA) is 77.1 Å². The van der Waals surface area contributed by atoms with Crippen LogP contribution in [0, 0.1) is 0 Å². The highest BCUT2D eigenvalue weighted by Gasteiger charge is 2.13. The molecule has 30 heavy (non-hydrogen) atoms. The number of carbonyl (C=O) groups is 1. The van der Waals surface area contributed by atoms with Crippen LogP contribution in [0.5, 0.6) is 0 Å². The van der Waals surface area contributed by atoms with Gasteiger partial charge in [0.1, 0.15) is 5.82 Å².